The van der Waals surface area contributed by atoms with E-state index in [0.29, 0.717) is 45.1 Å². The van der Waals surface area contributed by atoms with E-state index in [4.69, 9.17) is 21.5 Å². The lowest BCUT2D eigenvalue weighted by Crippen LogP contribution is -2.23. The van der Waals surface area contributed by atoms with Crippen LogP contribution in [0.4, 0.5) is 11.4 Å². The smallest absolute Gasteiger partial charge is 0.261 e. The van der Waals surface area contributed by atoms with Crippen LogP contribution in [0.3, 0.4) is 0 Å². The van der Waals surface area contributed by atoms with Crippen molar-refractivity contribution in [2.75, 3.05) is 18.5 Å². The SMILES string of the molecule is CN=Cc1c(N)c(-c2cc(N)ccc2Oc2ccc(C#N)cc2)cn(C)c1=O. The molecule has 0 spiro atoms. The van der Waals surface area contributed by atoms with Gasteiger partial charge in [0.15, 0.2) is 0 Å². The number of nitrogens with two attached hydrogens (primary N) is 2. The van der Waals surface area contributed by atoms with Gasteiger partial charge in [-0.15, -0.1) is 0 Å². The van der Waals surface area contributed by atoms with Gasteiger partial charge in [-0.05, 0) is 42.5 Å². The number of benzene rings is 2. The van der Waals surface area contributed by atoms with Crippen molar-refractivity contribution in [1.82, 2.24) is 4.57 Å². The van der Waals surface area contributed by atoms with Gasteiger partial charge in [-0.25, -0.2) is 0 Å². The van der Waals surface area contributed by atoms with E-state index in [9.17, 15) is 4.79 Å². The van der Waals surface area contributed by atoms with Crippen LogP contribution in [0.15, 0.2) is 58.4 Å². The Labute approximate surface area is 162 Å². The fourth-order valence-electron chi connectivity index (χ4n) is 2.81. The average molecular weight is 373 g/mol. The summed E-state index contributed by atoms with van der Waals surface area (Å²) in [6.07, 6.45) is 3.08. The molecule has 0 aliphatic carbocycles. The Morgan fingerprint density at radius 3 is 2.50 bits per heavy atom. The van der Waals surface area contributed by atoms with Crippen LogP contribution in [-0.2, 0) is 7.05 Å². The Bertz CT molecular complexity index is 1160. The zero-order valence-corrected chi connectivity index (χ0v) is 15.5. The summed E-state index contributed by atoms with van der Waals surface area (Å²) in [7, 11) is 3.22. The third-order valence-corrected chi connectivity index (χ3v) is 4.22. The molecule has 3 aromatic rings. The fourth-order valence-corrected chi connectivity index (χ4v) is 2.81. The standard InChI is InChI=1S/C21H19N5O2/c1-25-11-17-20(24)18(12-26(2)21(17)27)16-9-14(23)5-8-19(16)28-15-6-3-13(10-22)4-7-15/h3-9,11-12H,23-24H2,1-2H3. The zero-order valence-electron chi connectivity index (χ0n) is 15.5. The van der Waals surface area contributed by atoms with Gasteiger partial charge in [0.1, 0.15) is 11.5 Å². The van der Waals surface area contributed by atoms with Crippen LogP contribution in [0.2, 0.25) is 0 Å². The first-order valence-electron chi connectivity index (χ1n) is 8.43. The van der Waals surface area contributed by atoms with E-state index >= 15 is 0 Å². The third kappa shape index (κ3) is 3.57. The molecule has 0 unspecified atom stereocenters. The van der Waals surface area contributed by atoms with E-state index in [2.05, 4.69) is 11.1 Å². The minimum atomic E-state index is -0.245. The summed E-state index contributed by atoms with van der Waals surface area (Å²) in [6.45, 7) is 0. The molecule has 7 heteroatoms. The molecule has 7 nitrogen and oxygen atoms in total. The molecule has 4 N–H and O–H groups in total. The van der Waals surface area contributed by atoms with Gasteiger partial charge in [-0.3, -0.25) is 9.79 Å². The summed E-state index contributed by atoms with van der Waals surface area (Å²) < 4.78 is 7.44. The van der Waals surface area contributed by atoms with E-state index in [0.717, 1.165) is 0 Å². The van der Waals surface area contributed by atoms with Gasteiger partial charge in [0.05, 0.1) is 22.9 Å². The highest BCUT2D eigenvalue weighted by Gasteiger charge is 2.16. The summed E-state index contributed by atoms with van der Waals surface area (Å²) in [5, 5.41) is 8.93. The maximum atomic E-state index is 12.4. The second-order valence-corrected chi connectivity index (χ2v) is 6.17. The predicted octanol–water partition coefficient (Wildman–Crippen LogP) is 2.93. The van der Waals surface area contributed by atoms with Crippen LogP contribution in [0.5, 0.6) is 11.5 Å². The van der Waals surface area contributed by atoms with Crippen LogP contribution >= 0.6 is 0 Å². The lowest BCUT2D eigenvalue weighted by molar-refractivity contribution is 0.484. The van der Waals surface area contributed by atoms with Crippen molar-refractivity contribution in [3.8, 4) is 28.7 Å². The van der Waals surface area contributed by atoms with Gasteiger partial charge in [-0.2, -0.15) is 5.26 Å². The molecule has 0 bridgehead atoms. The minimum Gasteiger partial charge on any atom is -0.457 e. The average Bonchev–Trinajstić information content (AvgIpc) is 2.70. The first-order chi connectivity index (χ1) is 13.4. The van der Waals surface area contributed by atoms with Crippen molar-refractivity contribution >= 4 is 17.6 Å². The molecule has 0 atom stereocenters. The van der Waals surface area contributed by atoms with Gasteiger partial charge >= 0.3 is 0 Å². The molecule has 0 fully saturated rings. The molecule has 3 rings (SSSR count). The van der Waals surface area contributed by atoms with E-state index in [1.165, 1.54) is 10.8 Å². The molecule has 0 saturated carbocycles. The first-order valence-corrected chi connectivity index (χ1v) is 8.43. The molecule has 1 aromatic heterocycles. The topological polar surface area (TPSA) is 119 Å². The summed E-state index contributed by atoms with van der Waals surface area (Å²) in [5.41, 5.74) is 14.9. The van der Waals surface area contributed by atoms with Crippen molar-refractivity contribution in [3.05, 3.63) is 70.1 Å². The summed E-state index contributed by atoms with van der Waals surface area (Å²) in [5.74, 6) is 1.08. The van der Waals surface area contributed by atoms with E-state index in [1.54, 1.807) is 62.8 Å². The Hall–Kier alpha value is -4.05. The molecule has 1 heterocycles. The van der Waals surface area contributed by atoms with Crippen LogP contribution in [0, 0.1) is 11.3 Å². The van der Waals surface area contributed by atoms with Gasteiger partial charge in [0.2, 0.25) is 0 Å². The van der Waals surface area contributed by atoms with E-state index in [-0.39, 0.29) is 5.56 Å². The highest BCUT2D eigenvalue weighted by molar-refractivity contribution is 5.94. The van der Waals surface area contributed by atoms with Crippen molar-refractivity contribution < 1.29 is 4.74 Å². The van der Waals surface area contributed by atoms with Crippen LogP contribution in [0.25, 0.3) is 11.1 Å². The summed E-state index contributed by atoms with van der Waals surface area (Å²) in [4.78, 5) is 16.3. The predicted molar refractivity (Wildman–Crippen MR) is 111 cm³/mol. The monoisotopic (exact) mass is 373 g/mol. The summed E-state index contributed by atoms with van der Waals surface area (Å²) >= 11 is 0. The van der Waals surface area contributed by atoms with E-state index < -0.39 is 0 Å². The highest BCUT2D eigenvalue weighted by atomic mass is 16.5. The molecule has 2 aromatic carbocycles. The largest absolute Gasteiger partial charge is 0.457 e. The molecular weight excluding hydrogens is 354 g/mol. The van der Waals surface area contributed by atoms with Gasteiger partial charge < -0.3 is 20.8 Å². The molecule has 0 aliphatic rings. The highest BCUT2D eigenvalue weighted by Crippen LogP contribution is 2.37. The molecule has 140 valence electrons. The number of hydrogen-bond donors (Lipinski definition) is 2. The number of aryl methyl sites for hydroxylation is 1. The number of nitrogens with zero attached hydrogens (tertiary/aromatic N) is 3. The maximum Gasteiger partial charge on any atom is 0.261 e. The third-order valence-electron chi connectivity index (χ3n) is 4.22. The molecule has 0 aliphatic heterocycles. The van der Waals surface area contributed by atoms with Gasteiger partial charge in [0, 0.05) is 43.3 Å². The number of ether oxygens (including phenoxy) is 1. The van der Waals surface area contributed by atoms with Crippen molar-refractivity contribution in [2.45, 2.75) is 0 Å². The number of nitriles is 1. The second-order valence-electron chi connectivity index (χ2n) is 6.17. The Balaban J connectivity index is 2.16. The lowest BCUT2D eigenvalue weighted by atomic mass is 10.0. The quantitative estimate of drug-likeness (QED) is 0.538. The first kappa shape index (κ1) is 18.7. The van der Waals surface area contributed by atoms with Crippen LogP contribution in [0.1, 0.15) is 11.1 Å². The zero-order chi connectivity index (χ0) is 20.3. The molecule has 0 radical (unpaired) electrons. The molecule has 0 amide bonds. The second kappa shape index (κ2) is 7.68. The molecular formula is C21H19N5O2. The Kier molecular flexibility index (Phi) is 5.14. The van der Waals surface area contributed by atoms with Crippen molar-refractivity contribution in [2.24, 2.45) is 12.0 Å². The van der Waals surface area contributed by atoms with Crippen molar-refractivity contribution in [1.29, 1.82) is 5.26 Å². The number of hydrogen-bond acceptors (Lipinski definition) is 6. The molecule has 0 saturated heterocycles. The minimum absolute atomic E-state index is 0.245. The Morgan fingerprint density at radius 2 is 1.86 bits per heavy atom. The number of anilines is 2. The fraction of sp³-hybridized carbons (Fsp3) is 0.0952. The van der Waals surface area contributed by atoms with Crippen LogP contribution < -0.4 is 21.8 Å². The number of aromatic nitrogens is 1. The lowest BCUT2D eigenvalue weighted by Gasteiger charge is -2.16. The van der Waals surface area contributed by atoms with Crippen LogP contribution in [-0.4, -0.2) is 17.8 Å². The number of rotatable bonds is 4. The number of nitrogen functional groups attached to an aromatic ring is 2. The summed E-state index contributed by atoms with van der Waals surface area (Å²) in [6, 6.07) is 14.0. The van der Waals surface area contributed by atoms with E-state index in [1.807, 2.05) is 0 Å². The number of pyridine rings is 1. The van der Waals surface area contributed by atoms with Gasteiger partial charge in [-0.1, -0.05) is 0 Å². The Morgan fingerprint density at radius 1 is 1.14 bits per heavy atom. The normalized spacial score (nSPS) is 10.8. The molecule has 28 heavy (non-hydrogen) atoms. The van der Waals surface area contributed by atoms with Crippen molar-refractivity contribution in [3.63, 3.8) is 0 Å². The van der Waals surface area contributed by atoms with Gasteiger partial charge in [0.25, 0.3) is 5.56 Å². The maximum absolute atomic E-state index is 12.4. The number of aliphatic imine (C=N–C) groups is 1.